The van der Waals surface area contributed by atoms with Gasteiger partial charge in [0.05, 0.1) is 7.11 Å². The highest BCUT2D eigenvalue weighted by molar-refractivity contribution is 5.97. The fourth-order valence-electron chi connectivity index (χ4n) is 1.65. The van der Waals surface area contributed by atoms with Gasteiger partial charge in [0, 0.05) is 18.0 Å². The average molecular weight is 315 g/mol. The Labute approximate surface area is 133 Å². The van der Waals surface area contributed by atoms with Gasteiger partial charge in [-0.15, -0.1) is 0 Å². The van der Waals surface area contributed by atoms with Gasteiger partial charge in [-0.3, -0.25) is 4.98 Å². The molecule has 0 bridgehead atoms. The van der Waals surface area contributed by atoms with Crippen LogP contribution in [0.25, 0.3) is 0 Å². The molecule has 7 nitrogen and oxygen atoms in total. The molecule has 0 aliphatic carbocycles. The topological polar surface area (TPSA) is 96.0 Å². The van der Waals surface area contributed by atoms with Gasteiger partial charge < -0.3 is 20.0 Å². The number of hydrogen-bond donors (Lipinski definition) is 1. The molecule has 0 saturated heterocycles. The van der Waals surface area contributed by atoms with Crippen molar-refractivity contribution in [3.63, 3.8) is 0 Å². The van der Waals surface area contributed by atoms with Gasteiger partial charge in [0.15, 0.2) is 11.9 Å². The van der Waals surface area contributed by atoms with Crippen LogP contribution in [0.2, 0.25) is 0 Å². The van der Waals surface area contributed by atoms with Crippen LogP contribution in [0.3, 0.4) is 0 Å². The fraction of sp³-hybridized carbons (Fsp3) is 0.188. The molecule has 0 radical (unpaired) electrons. The number of hydrogen-bond acceptors (Lipinski definition) is 6. The monoisotopic (exact) mass is 315 g/mol. The molecule has 0 spiro atoms. The summed E-state index contributed by atoms with van der Waals surface area (Å²) in [6, 6.07) is 10.2. The molecule has 0 aliphatic heterocycles. The summed E-state index contributed by atoms with van der Waals surface area (Å²) in [6.45, 7) is 1.56. The van der Waals surface area contributed by atoms with Crippen molar-refractivity contribution in [3.05, 3.63) is 54.4 Å². The first kappa shape index (κ1) is 16.3. The number of methoxy groups -OCH3 is 1. The van der Waals surface area contributed by atoms with Crippen LogP contribution in [0.5, 0.6) is 11.5 Å². The van der Waals surface area contributed by atoms with Gasteiger partial charge >= 0.3 is 5.97 Å². The van der Waals surface area contributed by atoms with Gasteiger partial charge in [-0.2, -0.15) is 0 Å². The molecular weight excluding hydrogens is 298 g/mol. The molecule has 0 amide bonds. The summed E-state index contributed by atoms with van der Waals surface area (Å²) in [6.07, 6.45) is 2.29. The summed E-state index contributed by atoms with van der Waals surface area (Å²) in [5, 5.41) is 3.60. The van der Waals surface area contributed by atoms with Crippen LogP contribution in [0.1, 0.15) is 12.5 Å². The lowest BCUT2D eigenvalue weighted by Gasteiger charge is -2.12. The third-order valence-electron chi connectivity index (χ3n) is 2.91. The van der Waals surface area contributed by atoms with Crippen LogP contribution in [-0.2, 0) is 9.63 Å². The quantitative estimate of drug-likeness (QED) is 0.377. The maximum atomic E-state index is 11.9. The average Bonchev–Trinajstić information content (AvgIpc) is 2.60. The van der Waals surface area contributed by atoms with Crippen molar-refractivity contribution in [2.45, 2.75) is 13.0 Å². The Hall–Kier alpha value is -3.09. The van der Waals surface area contributed by atoms with Crippen molar-refractivity contribution in [3.8, 4) is 11.5 Å². The Bertz CT molecular complexity index is 671. The summed E-state index contributed by atoms with van der Waals surface area (Å²) in [5.74, 6) is 0.638. The summed E-state index contributed by atoms with van der Waals surface area (Å²) >= 11 is 0. The van der Waals surface area contributed by atoms with E-state index < -0.39 is 12.1 Å². The molecule has 1 aromatic carbocycles. The second-order valence-corrected chi connectivity index (χ2v) is 4.56. The molecular formula is C16H17N3O4. The Morgan fingerprint density at radius 2 is 1.74 bits per heavy atom. The zero-order chi connectivity index (χ0) is 16.7. The van der Waals surface area contributed by atoms with Gasteiger partial charge in [0.2, 0.25) is 0 Å². The third kappa shape index (κ3) is 4.70. The highest BCUT2D eigenvalue weighted by Gasteiger charge is 2.17. The number of carbonyl (C=O) groups excluding carboxylic acids is 1. The van der Waals surface area contributed by atoms with Crippen LogP contribution >= 0.6 is 0 Å². The molecule has 120 valence electrons. The van der Waals surface area contributed by atoms with Crippen molar-refractivity contribution in [1.29, 1.82) is 0 Å². The molecule has 0 unspecified atom stereocenters. The van der Waals surface area contributed by atoms with E-state index in [2.05, 4.69) is 10.1 Å². The van der Waals surface area contributed by atoms with Crippen molar-refractivity contribution >= 4 is 11.8 Å². The molecule has 2 aromatic rings. The molecule has 0 fully saturated rings. The minimum atomic E-state index is -0.836. The predicted octanol–water partition coefficient (Wildman–Crippen LogP) is 1.72. The number of oxime groups is 1. The molecule has 0 aliphatic rings. The van der Waals surface area contributed by atoms with Crippen LogP contribution < -0.4 is 15.2 Å². The first-order chi connectivity index (χ1) is 11.1. The largest absolute Gasteiger partial charge is 0.497 e. The third-order valence-corrected chi connectivity index (χ3v) is 2.91. The molecule has 2 rings (SSSR count). The van der Waals surface area contributed by atoms with E-state index in [4.69, 9.17) is 20.0 Å². The number of carbonyl (C=O) groups is 1. The number of aromatic nitrogens is 1. The van der Waals surface area contributed by atoms with Crippen molar-refractivity contribution < 1.29 is 19.1 Å². The van der Waals surface area contributed by atoms with E-state index in [1.165, 1.54) is 0 Å². The number of benzene rings is 1. The van der Waals surface area contributed by atoms with E-state index in [0.717, 1.165) is 0 Å². The van der Waals surface area contributed by atoms with Crippen LogP contribution in [0.15, 0.2) is 53.9 Å². The van der Waals surface area contributed by atoms with Crippen LogP contribution in [0, 0.1) is 0 Å². The normalized spacial score (nSPS) is 12.3. The van der Waals surface area contributed by atoms with E-state index in [1.807, 2.05) is 0 Å². The number of rotatable bonds is 6. The zero-order valence-electron chi connectivity index (χ0n) is 12.8. The molecule has 0 saturated carbocycles. The SMILES string of the molecule is COc1ccc(O[C@H](C)C(=O)O/N=C(/N)c2ccncc2)cc1. The van der Waals surface area contributed by atoms with Gasteiger partial charge in [-0.25, -0.2) is 4.79 Å². The number of ether oxygens (including phenoxy) is 2. The van der Waals surface area contributed by atoms with Crippen molar-refractivity contribution in [1.82, 2.24) is 4.98 Å². The zero-order valence-corrected chi connectivity index (χ0v) is 12.8. The van der Waals surface area contributed by atoms with Gasteiger partial charge in [0.1, 0.15) is 11.5 Å². The number of nitrogens with zero attached hydrogens (tertiary/aromatic N) is 2. The second-order valence-electron chi connectivity index (χ2n) is 4.56. The number of amidine groups is 1. The molecule has 1 atom stereocenters. The smallest absolute Gasteiger partial charge is 0.374 e. The first-order valence-electron chi connectivity index (χ1n) is 6.85. The summed E-state index contributed by atoms with van der Waals surface area (Å²) in [5.41, 5.74) is 6.33. The maximum Gasteiger partial charge on any atom is 0.374 e. The standard InChI is InChI=1S/C16H17N3O4/c1-11(22-14-5-3-13(21-2)4-6-14)16(20)23-19-15(17)12-7-9-18-10-8-12/h3-11H,1-2H3,(H2,17,19)/t11-/m1/s1. The minimum absolute atomic E-state index is 0.0809. The van der Waals surface area contributed by atoms with Crippen LogP contribution in [0.4, 0.5) is 0 Å². The Morgan fingerprint density at radius 3 is 2.35 bits per heavy atom. The molecule has 1 heterocycles. The fourth-order valence-corrected chi connectivity index (χ4v) is 1.65. The van der Waals surface area contributed by atoms with E-state index in [9.17, 15) is 4.79 Å². The molecule has 1 aromatic heterocycles. The lowest BCUT2D eigenvalue weighted by molar-refractivity contribution is -0.151. The van der Waals surface area contributed by atoms with E-state index in [0.29, 0.717) is 17.1 Å². The number of pyridine rings is 1. The van der Waals surface area contributed by atoms with Crippen molar-refractivity contribution in [2.24, 2.45) is 10.9 Å². The summed E-state index contributed by atoms with van der Waals surface area (Å²) < 4.78 is 10.5. The predicted molar refractivity (Wildman–Crippen MR) is 84.1 cm³/mol. The molecule has 7 heteroatoms. The highest BCUT2D eigenvalue weighted by atomic mass is 16.7. The molecule has 2 N–H and O–H groups in total. The maximum absolute atomic E-state index is 11.9. The minimum Gasteiger partial charge on any atom is -0.497 e. The Morgan fingerprint density at radius 1 is 1.13 bits per heavy atom. The van der Waals surface area contributed by atoms with Gasteiger partial charge in [0.25, 0.3) is 0 Å². The summed E-state index contributed by atoms with van der Waals surface area (Å²) in [7, 11) is 1.57. The van der Waals surface area contributed by atoms with E-state index in [1.54, 1.807) is 62.8 Å². The second kappa shape index (κ2) is 7.79. The lowest BCUT2D eigenvalue weighted by Crippen LogP contribution is -2.26. The van der Waals surface area contributed by atoms with Gasteiger partial charge in [-0.1, -0.05) is 5.16 Å². The van der Waals surface area contributed by atoms with Crippen molar-refractivity contribution in [2.75, 3.05) is 7.11 Å². The summed E-state index contributed by atoms with van der Waals surface area (Å²) in [4.78, 5) is 20.5. The van der Waals surface area contributed by atoms with E-state index in [-0.39, 0.29) is 5.84 Å². The lowest BCUT2D eigenvalue weighted by atomic mass is 10.2. The van der Waals surface area contributed by atoms with E-state index >= 15 is 0 Å². The molecule has 23 heavy (non-hydrogen) atoms. The van der Waals surface area contributed by atoms with Gasteiger partial charge in [-0.05, 0) is 43.3 Å². The Balaban J connectivity index is 1.91. The number of nitrogens with two attached hydrogens (primary N) is 1. The Kier molecular flexibility index (Phi) is 5.51. The first-order valence-corrected chi connectivity index (χ1v) is 6.85. The van der Waals surface area contributed by atoms with Crippen LogP contribution in [-0.4, -0.2) is 30.0 Å². The highest BCUT2D eigenvalue weighted by Crippen LogP contribution is 2.18.